The molecule has 0 aliphatic carbocycles. The molecule has 1 unspecified atom stereocenters. The molecule has 0 radical (unpaired) electrons. The van der Waals surface area contributed by atoms with Crippen LogP contribution in [-0.2, 0) is 22.8 Å². The fraction of sp³-hybridized carbons (Fsp3) is 1.00. The Labute approximate surface area is 111 Å². The fourth-order valence-electron chi connectivity index (χ4n) is 1.74. The first-order chi connectivity index (χ1) is 8.64. The average Bonchev–Trinajstić information content (AvgIpc) is 3.17. The third-order valence-corrected chi connectivity index (χ3v) is 6.13. The minimum absolute atomic E-state index is 0.274. The largest absolute Gasteiger partial charge is 0.503 e. The smallest absolute Gasteiger partial charge is 0.379 e. The molecule has 0 N–H and O–H groups in total. The van der Waals surface area contributed by atoms with Gasteiger partial charge in [-0.15, -0.1) is 0 Å². The molecule has 1 atom stereocenters. The van der Waals surface area contributed by atoms with Gasteiger partial charge in [-0.1, -0.05) is 13.8 Å². The molecule has 18 heavy (non-hydrogen) atoms. The highest BCUT2D eigenvalue weighted by Crippen LogP contribution is 2.23. The molecule has 108 valence electrons. The van der Waals surface area contributed by atoms with Crippen molar-refractivity contribution >= 4 is 8.80 Å². The predicted octanol–water partition coefficient (Wildman–Crippen LogP) is 1.84. The summed E-state index contributed by atoms with van der Waals surface area (Å²) < 4.78 is 27.3. The molecule has 0 bridgehead atoms. The van der Waals surface area contributed by atoms with Crippen LogP contribution in [0.3, 0.4) is 0 Å². The number of ether oxygens (including phenoxy) is 2. The summed E-state index contributed by atoms with van der Waals surface area (Å²) in [4.78, 5) is 0. The molecule has 1 saturated heterocycles. The van der Waals surface area contributed by atoms with Gasteiger partial charge >= 0.3 is 8.80 Å². The van der Waals surface area contributed by atoms with Gasteiger partial charge in [0.25, 0.3) is 0 Å². The maximum atomic E-state index is 5.84. The highest BCUT2D eigenvalue weighted by molar-refractivity contribution is 6.62. The Morgan fingerprint density at radius 3 is 2.28 bits per heavy atom. The Kier molecular flexibility index (Phi) is 7.36. The van der Waals surface area contributed by atoms with Crippen LogP contribution in [0.5, 0.6) is 0 Å². The van der Waals surface area contributed by atoms with Crippen LogP contribution in [0.4, 0.5) is 0 Å². The third kappa shape index (κ3) is 5.34. The van der Waals surface area contributed by atoms with Crippen molar-refractivity contribution in [3.63, 3.8) is 0 Å². The van der Waals surface area contributed by atoms with Gasteiger partial charge in [-0.3, -0.25) is 0 Å². The number of epoxide rings is 1. The van der Waals surface area contributed by atoms with Gasteiger partial charge in [-0.25, -0.2) is 0 Å². The molecule has 5 nitrogen and oxygen atoms in total. The van der Waals surface area contributed by atoms with Crippen LogP contribution >= 0.6 is 0 Å². The predicted molar refractivity (Wildman–Crippen MR) is 70.6 cm³/mol. The lowest BCUT2D eigenvalue weighted by molar-refractivity contribution is 0.0795. The second-order valence-corrected chi connectivity index (χ2v) is 8.22. The van der Waals surface area contributed by atoms with E-state index in [1.807, 2.05) is 0 Å². The van der Waals surface area contributed by atoms with E-state index in [1.54, 1.807) is 14.2 Å². The number of rotatable bonds is 11. The van der Waals surface area contributed by atoms with E-state index in [2.05, 4.69) is 13.8 Å². The van der Waals surface area contributed by atoms with E-state index < -0.39 is 8.80 Å². The molecule has 0 saturated carbocycles. The summed E-state index contributed by atoms with van der Waals surface area (Å²) in [5.74, 6) is 0. The van der Waals surface area contributed by atoms with E-state index in [-0.39, 0.29) is 5.54 Å². The summed E-state index contributed by atoms with van der Waals surface area (Å²) in [6, 6.07) is 0. The Bertz CT molecular complexity index is 217. The molecule has 0 aromatic heterocycles. The van der Waals surface area contributed by atoms with Crippen molar-refractivity contribution in [1.29, 1.82) is 0 Å². The lowest BCUT2D eigenvalue weighted by Gasteiger charge is -2.29. The Morgan fingerprint density at radius 2 is 1.78 bits per heavy atom. The minimum Gasteiger partial charge on any atom is -0.379 e. The molecule has 0 spiro atoms. The van der Waals surface area contributed by atoms with E-state index in [0.717, 1.165) is 32.7 Å². The Balaban J connectivity index is 2.03. The standard InChI is InChI=1S/C12H26O5Si/c1-11(2)18(13-3,14-4)17-8-6-5-7-15-9-12-10-16-12/h11-12H,5-10H2,1-4H3. The van der Waals surface area contributed by atoms with E-state index >= 15 is 0 Å². The first-order valence-electron chi connectivity index (χ1n) is 6.58. The highest BCUT2D eigenvalue weighted by Gasteiger charge is 2.42. The van der Waals surface area contributed by atoms with Gasteiger partial charge in [-0.2, -0.15) is 0 Å². The Morgan fingerprint density at radius 1 is 1.17 bits per heavy atom. The van der Waals surface area contributed by atoms with Crippen molar-refractivity contribution < 1.29 is 22.8 Å². The Hall–Kier alpha value is 0.0169. The van der Waals surface area contributed by atoms with E-state index in [4.69, 9.17) is 22.8 Å². The molecule has 1 aliphatic rings. The first kappa shape index (κ1) is 16.1. The molecular weight excluding hydrogens is 252 g/mol. The zero-order valence-electron chi connectivity index (χ0n) is 11.9. The van der Waals surface area contributed by atoms with Crippen molar-refractivity contribution in [3.05, 3.63) is 0 Å². The fourth-order valence-corrected chi connectivity index (χ4v) is 3.85. The quantitative estimate of drug-likeness (QED) is 0.328. The topological polar surface area (TPSA) is 49.5 Å². The SMILES string of the molecule is CO[Si](OC)(OCCCCOCC1CO1)C(C)C. The molecule has 6 heteroatoms. The van der Waals surface area contributed by atoms with Crippen molar-refractivity contribution in [3.8, 4) is 0 Å². The molecule has 1 fully saturated rings. The molecule has 0 amide bonds. The lowest BCUT2D eigenvalue weighted by Crippen LogP contribution is -2.47. The second-order valence-electron chi connectivity index (χ2n) is 4.75. The van der Waals surface area contributed by atoms with Crippen molar-refractivity contribution in [2.45, 2.75) is 38.3 Å². The maximum Gasteiger partial charge on any atom is 0.503 e. The second kappa shape index (κ2) is 8.24. The maximum absolute atomic E-state index is 5.84. The van der Waals surface area contributed by atoms with E-state index in [1.165, 1.54) is 0 Å². The van der Waals surface area contributed by atoms with Crippen LogP contribution in [0.2, 0.25) is 5.54 Å². The third-order valence-electron chi connectivity index (χ3n) is 2.97. The van der Waals surface area contributed by atoms with Crippen LogP contribution in [0, 0.1) is 0 Å². The van der Waals surface area contributed by atoms with Crippen molar-refractivity contribution in [2.75, 3.05) is 40.6 Å². The van der Waals surface area contributed by atoms with Gasteiger partial charge in [0.15, 0.2) is 0 Å². The average molecular weight is 278 g/mol. The first-order valence-corrected chi connectivity index (χ1v) is 8.38. The van der Waals surface area contributed by atoms with Crippen LogP contribution < -0.4 is 0 Å². The zero-order valence-corrected chi connectivity index (χ0v) is 12.9. The molecule has 1 heterocycles. The van der Waals surface area contributed by atoms with Gasteiger partial charge in [0.1, 0.15) is 6.10 Å². The summed E-state index contributed by atoms with van der Waals surface area (Å²) >= 11 is 0. The molecule has 1 aliphatic heterocycles. The minimum atomic E-state index is -2.46. The zero-order chi connectivity index (χ0) is 13.4. The summed E-state index contributed by atoms with van der Waals surface area (Å²) in [6.07, 6.45) is 2.30. The van der Waals surface area contributed by atoms with Gasteiger partial charge < -0.3 is 22.8 Å². The van der Waals surface area contributed by atoms with E-state index in [9.17, 15) is 0 Å². The van der Waals surface area contributed by atoms with Crippen LogP contribution in [0.15, 0.2) is 0 Å². The van der Waals surface area contributed by atoms with Gasteiger partial charge in [0.05, 0.1) is 13.2 Å². The monoisotopic (exact) mass is 278 g/mol. The number of hydrogen-bond acceptors (Lipinski definition) is 5. The molecule has 0 aromatic rings. The summed E-state index contributed by atoms with van der Waals surface area (Å²) in [5.41, 5.74) is 0.274. The van der Waals surface area contributed by atoms with Gasteiger partial charge in [0.2, 0.25) is 0 Å². The number of hydrogen-bond donors (Lipinski definition) is 0. The van der Waals surface area contributed by atoms with E-state index in [0.29, 0.717) is 12.7 Å². The molecular formula is C12H26O5Si. The number of unbranched alkanes of at least 4 members (excludes halogenated alkanes) is 1. The summed E-state index contributed by atoms with van der Waals surface area (Å²) in [5, 5.41) is 0. The lowest BCUT2D eigenvalue weighted by atomic mass is 10.3. The van der Waals surface area contributed by atoms with Crippen LogP contribution in [0.1, 0.15) is 26.7 Å². The van der Waals surface area contributed by atoms with Crippen molar-refractivity contribution in [1.82, 2.24) is 0 Å². The summed E-state index contributed by atoms with van der Waals surface area (Å²) in [6.45, 7) is 7.14. The highest BCUT2D eigenvalue weighted by atomic mass is 28.4. The van der Waals surface area contributed by atoms with Crippen LogP contribution in [0.25, 0.3) is 0 Å². The van der Waals surface area contributed by atoms with Crippen LogP contribution in [-0.4, -0.2) is 55.6 Å². The van der Waals surface area contributed by atoms with Gasteiger partial charge in [-0.05, 0) is 12.8 Å². The molecule has 1 rings (SSSR count). The van der Waals surface area contributed by atoms with Crippen molar-refractivity contribution in [2.24, 2.45) is 0 Å². The summed E-state index contributed by atoms with van der Waals surface area (Å²) in [7, 11) is 0.864. The molecule has 0 aromatic carbocycles. The van der Waals surface area contributed by atoms with Gasteiger partial charge in [0, 0.05) is 33.0 Å². The normalized spacial score (nSPS) is 19.5.